The Morgan fingerprint density at radius 3 is 2.75 bits per heavy atom. The Kier molecular flexibility index (Phi) is 6.33. The highest BCUT2D eigenvalue weighted by atomic mass is 35.5. The summed E-state index contributed by atoms with van der Waals surface area (Å²) in [5.41, 5.74) is 4.89. The van der Waals surface area contributed by atoms with Crippen LogP contribution in [0.4, 0.5) is 0 Å². The molecular weight excluding hydrogens is 398 g/mol. The molecule has 28 heavy (non-hydrogen) atoms. The van der Waals surface area contributed by atoms with E-state index < -0.39 is 12.1 Å². The van der Waals surface area contributed by atoms with Gasteiger partial charge in [0.25, 0.3) is 0 Å². The second kappa shape index (κ2) is 8.55. The van der Waals surface area contributed by atoms with Crippen molar-refractivity contribution < 1.29 is 19.4 Å². The molecule has 1 N–H and O–H groups in total. The first-order valence-electron chi connectivity index (χ1n) is 9.17. The lowest BCUT2D eigenvalue weighted by atomic mass is 9.91. The van der Waals surface area contributed by atoms with Crippen LogP contribution in [0.2, 0.25) is 0 Å². The molecule has 5 nitrogen and oxygen atoms in total. The van der Waals surface area contributed by atoms with Gasteiger partial charge >= 0.3 is 5.97 Å². The number of carbonyl (C=O) groups is 1. The van der Waals surface area contributed by atoms with Gasteiger partial charge < -0.3 is 19.5 Å². The number of carboxylic acids is 1. The van der Waals surface area contributed by atoms with Gasteiger partial charge in [-0.1, -0.05) is 5.57 Å². The van der Waals surface area contributed by atoms with E-state index in [1.807, 2.05) is 12.1 Å². The Labute approximate surface area is 175 Å². The van der Waals surface area contributed by atoms with Crippen LogP contribution in [0.1, 0.15) is 35.8 Å². The highest BCUT2D eigenvalue weighted by Crippen LogP contribution is 2.44. The molecule has 0 spiro atoms. The van der Waals surface area contributed by atoms with Crippen molar-refractivity contribution in [2.45, 2.75) is 32.5 Å². The predicted molar refractivity (Wildman–Crippen MR) is 113 cm³/mol. The summed E-state index contributed by atoms with van der Waals surface area (Å²) in [7, 11) is 2.15. The average Bonchev–Trinajstić information content (AvgIpc) is 3.05. The largest absolute Gasteiger partial charge is 0.488 e. The zero-order valence-electron chi connectivity index (χ0n) is 15.9. The van der Waals surface area contributed by atoms with Gasteiger partial charge in [0.1, 0.15) is 18.1 Å². The van der Waals surface area contributed by atoms with E-state index in [9.17, 15) is 4.79 Å². The highest BCUT2D eigenvalue weighted by molar-refractivity contribution is 7.11. The van der Waals surface area contributed by atoms with Crippen LogP contribution in [0.5, 0.6) is 11.5 Å². The van der Waals surface area contributed by atoms with Gasteiger partial charge in [0.15, 0.2) is 6.10 Å². The predicted octanol–water partition coefficient (Wildman–Crippen LogP) is 4.44. The van der Waals surface area contributed by atoms with Crippen molar-refractivity contribution >= 4 is 35.3 Å². The molecule has 0 amide bonds. The molecular formula is C21H24ClNO4S. The molecule has 1 fully saturated rings. The molecule has 3 heterocycles. The number of likely N-dealkylation sites (tertiary alicyclic amines) is 1. The summed E-state index contributed by atoms with van der Waals surface area (Å²) in [4.78, 5) is 14.8. The second-order valence-electron chi connectivity index (χ2n) is 7.10. The maximum atomic E-state index is 11.2. The highest BCUT2D eigenvalue weighted by Gasteiger charge is 2.26. The number of ether oxygens (including phenoxy) is 2. The first kappa shape index (κ1) is 20.7. The van der Waals surface area contributed by atoms with Gasteiger partial charge in [-0.05, 0) is 56.5 Å². The number of halogens is 1. The number of fused-ring (bicyclic) bond motifs is 2. The maximum Gasteiger partial charge on any atom is 0.344 e. The number of nitrogens with zero attached hydrogens (tertiary/aromatic N) is 1. The molecule has 1 atom stereocenters. The zero-order valence-corrected chi connectivity index (χ0v) is 17.6. The van der Waals surface area contributed by atoms with E-state index in [1.54, 1.807) is 17.4 Å². The van der Waals surface area contributed by atoms with Crippen molar-refractivity contribution in [2.24, 2.45) is 0 Å². The standard InChI is InChI=1S/C21H23NO4S.ClH/c1-13(21(23)24)26-16-3-4-18-17(11-16)19(14-5-8-22(2)9-6-14)20-15(12-25-18)7-10-27-20;/h3-4,7,10-11,13H,5-6,8-9,12H2,1-2H3,(H,23,24);1H. The number of hydrogen-bond acceptors (Lipinski definition) is 5. The molecule has 1 saturated heterocycles. The number of benzene rings is 1. The topological polar surface area (TPSA) is 59.0 Å². The van der Waals surface area contributed by atoms with E-state index in [2.05, 4.69) is 23.4 Å². The molecule has 4 rings (SSSR count). The van der Waals surface area contributed by atoms with Crippen molar-refractivity contribution in [3.8, 4) is 11.5 Å². The quantitative estimate of drug-likeness (QED) is 0.793. The van der Waals surface area contributed by atoms with Crippen LogP contribution in [0.25, 0.3) is 5.57 Å². The molecule has 1 unspecified atom stereocenters. The maximum absolute atomic E-state index is 11.2. The van der Waals surface area contributed by atoms with E-state index in [-0.39, 0.29) is 12.4 Å². The Morgan fingerprint density at radius 1 is 1.29 bits per heavy atom. The van der Waals surface area contributed by atoms with Crippen LogP contribution >= 0.6 is 23.7 Å². The van der Waals surface area contributed by atoms with Crippen LogP contribution in [-0.4, -0.2) is 42.2 Å². The van der Waals surface area contributed by atoms with Crippen molar-refractivity contribution in [2.75, 3.05) is 20.1 Å². The first-order valence-corrected chi connectivity index (χ1v) is 10.0. The van der Waals surface area contributed by atoms with Crippen molar-refractivity contribution in [1.29, 1.82) is 0 Å². The van der Waals surface area contributed by atoms with Crippen LogP contribution in [-0.2, 0) is 11.4 Å². The van der Waals surface area contributed by atoms with Crippen LogP contribution < -0.4 is 9.47 Å². The third-order valence-electron chi connectivity index (χ3n) is 5.18. The Bertz CT molecular complexity index is 898. The Balaban J connectivity index is 0.00000225. The molecule has 2 aliphatic rings. The van der Waals surface area contributed by atoms with Gasteiger partial charge in [-0.25, -0.2) is 4.79 Å². The SMILES string of the molecule is CC(Oc1ccc2c(c1)C(=C1CCN(C)CC1)c1sccc1CO2)C(=O)O.Cl. The molecule has 0 saturated carbocycles. The summed E-state index contributed by atoms with van der Waals surface area (Å²) in [5.74, 6) is 0.407. The van der Waals surface area contributed by atoms with Gasteiger partial charge in [0.05, 0.1) is 0 Å². The summed E-state index contributed by atoms with van der Waals surface area (Å²) in [6, 6.07) is 7.75. The van der Waals surface area contributed by atoms with Crippen molar-refractivity contribution in [3.63, 3.8) is 0 Å². The van der Waals surface area contributed by atoms with Crippen molar-refractivity contribution in [3.05, 3.63) is 51.2 Å². The number of thiophene rings is 1. The fourth-order valence-electron chi connectivity index (χ4n) is 3.59. The van der Waals surface area contributed by atoms with Gasteiger partial charge in [0, 0.05) is 34.7 Å². The van der Waals surface area contributed by atoms with Gasteiger partial charge in [-0.3, -0.25) is 0 Å². The van der Waals surface area contributed by atoms with Crippen LogP contribution in [0.3, 0.4) is 0 Å². The van der Waals surface area contributed by atoms with E-state index in [0.717, 1.165) is 37.2 Å². The summed E-state index contributed by atoms with van der Waals surface area (Å²) in [5, 5.41) is 11.3. The number of hydrogen-bond donors (Lipinski definition) is 1. The van der Waals surface area contributed by atoms with Crippen LogP contribution in [0, 0.1) is 0 Å². The third-order valence-corrected chi connectivity index (χ3v) is 6.16. The molecule has 0 radical (unpaired) electrons. The van der Waals surface area contributed by atoms with E-state index in [0.29, 0.717) is 12.4 Å². The minimum absolute atomic E-state index is 0. The summed E-state index contributed by atoms with van der Waals surface area (Å²) in [6.45, 7) is 4.18. The number of aliphatic carboxylic acids is 1. The molecule has 7 heteroatoms. The Morgan fingerprint density at radius 2 is 2.04 bits per heavy atom. The number of piperidine rings is 1. The summed E-state index contributed by atoms with van der Waals surface area (Å²) < 4.78 is 11.7. The fraction of sp³-hybridized carbons (Fsp3) is 0.381. The van der Waals surface area contributed by atoms with E-state index >= 15 is 0 Å². The van der Waals surface area contributed by atoms with Gasteiger partial charge in [0.2, 0.25) is 0 Å². The molecule has 0 aliphatic carbocycles. The molecule has 150 valence electrons. The smallest absolute Gasteiger partial charge is 0.344 e. The van der Waals surface area contributed by atoms with Crippen LogP contribution in [0.15, 0.2) is 35.2 Å². The number of rotatable bonds is 3. The molecule has 1 aromatic carbocycles. The van der Waals surface area contributed by atoms with E-state index in [4.69, 9.17) is 14.6 Å². The molecule has 1 aromatic heterocycles. The van der Waals surface area contributed by atoms with E-state index in [1.165, 1.54) is 28.5 Å². The summed E-state index contributed by atoms with van der Waals surface area (Å²) in [6.07, 6.45) is 1.16. The van der Waals surface area contributed by atoms with Crippen molar-refractivity contribution in [1.82, 2.24) is 4.90 Å². The minimum atomic E-state index is -0.976. The number of carboxylic acid groups (broad SMARTS) is 1. The average molecular weight is 422 g/mol. The normalized spacial score (nSPS) is 17.5. The lowest BCUT2D eigenvalue weighted by molar-refractivity contribution is -0.144. The molecule has 2 aliphatic heterocycles. The molecule has 0 bridgehead atoms. The minimum Gasteiger partial charge on any atom is -0.488 e. The van der Waals surface area contributed by atoms with Gasteiger partial charge in [-0.15, -0.1) is 23.7 Å². The summed E-state index contributed by atoms with van der Waals surface area (Å²) >= 11 is 1.74. The second-order valence-corrected chi connectivity index (χ2v) is 8.02. The zero-order chi connectivity index (χ0) is 19.0. The molecule has 2 aromatic rings. The lowest BCUT2D eigenvalue weighted by Crippen LogP contribution is -2.26. The fourth-order valence-corrected chi connectivity index (χ4v) is 4.61. The first-order chi connectivity index (χ1) is 13.0. The monoisotopic (exact) mass is 421 g/mol. The third kappa shape index (κ3) is 4.04. The lowest BCUT2D eigenvalue weighted by Gasteiger charge is -2.26. The Hall–Kier alpha value is -2.02. The van der Waals surface area contributed by atoms with Gasteiger partial charge in [-0.2, -0.15) is 0 Å².